The highest BCUT2D eigenvalue weighted by Gasteiger charge is 2.47. The highest BCUT2D eigenvalue weighted by molar-refractivity contribution is 5.93. The molecule has 0 spiro atoms. The average Bonchev–Trinajstić information content (AvgIpc) is 3.00. The van der Waals surface area contributed by atoms with Gasteiger partial charge in [-0.3, -0.25) is 14.5 Å². The Labute approximate surface area is 236 Å². The summed E-state index contributed by atoms with van der Waals surface area (Å²) in [5.41, 5.74) is 4.72. The zero-order valence-corrected chi connectivity index (χ0v) is 23.0. The molecule has 3 fully saturated rings. The summed E-state index contributed by atoms with van der Waals surface area (Å²) in [6, 6.07) is 26.8. The Bertz CT molecular complexity index is 1240. The normalized spacial score (nSPS) is 21.4. The van der Waals surface area contributed by atoms with Gasteiger partial charge >= 0.3 is 6.09 Å². The van der Waals surface area contributed by atoms with E-state index in [4.69, 9.17) is 9.47 Å². The van der Waals surface area contributed by atoms with Gasteiger partial charge in [-0.15, -0.1) is 0 Å². The summed E-state index contributed by atoms with van der Waals surface area (Å²) in [5.74, 6) is 0.862. The lowest BCUT2D eigenvalue weighted by molar-refractivity contribution is -0.946. The maximum atomic E-state index is 13.6. The number of para-hydroxylation sites is 1. The van der Waals surface area contributed by atoms with Gasteiger partial charge in [-0.05, 0) is 42.0 Å². The van der Waals surface area contributed by atoms with Crippen molar-refractivity contribution in [3.05, 3.63) is 96.1 Å². The lowest BCUT2D eigenvalue weighted by atomic mass is 9.83. The second-order valence-electron chi connectivity index (χ2n) is 10.7. The van der Waals surface area contributed by atoms with Crippen LogP contribution in [0, 0.1) is 5.92 Å². The number of anilines is 1. The number of nitrogens with one attached hydrogen (secondary N) is 1. The molecule has 8 heteroatoms. The molecule has 1 N–H and O–H groups in total. The molecule has 8 nitrogen and oxygen atoms in total. The number of hydrogen-bond donors (Lipinski definition) is 1. The average molecular weight is 545 g/mol. The molecule has 3 saturated heterocycles. The Morgan fingerprint density at radius 3 is 2.27 bits per heavy atom. The van der Waals surface area contributed by atoms with Gasteiger partial charge in [0.25, 0.3) is 5.91 Å². The van der Waals surface area contributed by atoms with Gasteiger partial charge in [0.1, 0.15) is 12.3 Å². The third-order valence-corrected chi connectivity index (χ3v) is 8.12. The van der Waals surface area contributed by atoms with Crippen molar-refractivity contribution in [1.29, 1.82) is 0 Å². The van der Waals surface area contributed by atoms with Crippen LogP contribution in [0.2, 0.25) is 0 Å². The third kappa shape index (κ3) is 6.81. The van der Waals surface area contributed by atoms with Gasteiger partial charge in [-0.25, -0.2) is 10.3 Å². The second-order valence-corrected chi connectivity index (χ2v) is 10.7. The Balaban J connectivity index is 1.16. The summed E-state index contributed by atoms with van der Waals surface area (Å²) in [4.78, 5) is 31.8. The minimum atomic E-state index is -0.291. The van der Waals surface area contributed by atoms with Crippen LogP contribution in [-0.2, 0) is 16.1 Å². The number of amides is 2. The molecule has 210 valence electrons. The van der Waals surface area contributed by atoms with E-state index in [0.717, 1.165) is 66.9 Å². The van der Waals surface area contributed by atoms with E-state index in [-0.39, 0.29) is 18.1 Å². The van der Waals surface area contributed by atoms with Crippen LogP contribution in [0.15, 0.2) is 84.9 Å². The standard InChI is InChI=1S/C32H37N3O5/c1-38-33-31(36)27-13-15-29(16-14-27)39-22-8-19-35-20-17-26(18-21-35)30(24-35)40-32(37)34(28-11-6-3-7-12-28)23-25-9-4-2-5-10-25/h2-7,9-16,26,30H,8,17-24H2,1H3/p+1/t26?,30-,35?/m0/s1. The first-order valence-corrected chi connectivity index (χ1v) is 14.0. The summed E-state index contributed by atoms with van der Waals surface area (Å²) >= 11 is 0. The first-order valence-electron chi connectivity index (χ1n) is 14.0. The van der Waals surface area contributed by atoms with Crippen molar-refractivity contribution in [1.82, 2.24) is 5.48 Å². The predicted molar refractivity (Wildman–Crippen MR) is 153 cm³/mol. The van der Waals surface area contributed by atoms with Gasteiger partial charge in [-0.2, -0.15) is 0 Å². The summed E-state index contributed by atoms with van der Waals surface area (Å²) in [7, 11) is 1.41. The molecule has 0 unspecified atom stereocenters. The minimum Gasteiger partial charge on any atom is -0.493 e. The van der Waals surface area contributed by atoms with Gasteiger partial charge in [-0.1, -0.05) is 48.5 Å². The number of quaternary nitrogens is 1. The van der Waals surface area contributed by atoms with Crippen LogP contribution in [0.25, 0.3) is 0 Å². The first kappa shape index (κ1) is 27.7. The smallest absolute Gasteiger partial charge is 0.415 e. The van der Waals surface area contributed by atoms with Crippen LogP contribution < -0.4 is 15.1 Å². The molecule has 3 aromatic rings. The molecule has 2 amide bonds. The molecule has 0 aromatic heterocycles. The maximum absolute atomic E-state index is 13.6. The Morgan fingerprint density at radius 1 is 0.925 bits per heavy atom. The number of hydrogen-bond acceptors (Lipinski definition) is 5. The number of rotatable bonds is 11. The van der Waals surface area contributed by atoms with E-state index in [1.54, 1.807) is 29.2 Å². The van der Waals surface area contributed by atoms with Crippen molar-refractivity contribution in [3.8, 4) is 5.75 Å². The van der Waals surface area contributed by atoms with Gasteiger partial charge in [0.15, 0.2) is 6.10 Å². The fourth-order valence-electron chi connectivity index (χ4n) is 5.94. The maximum Gasteiger partial charge on any atom is 0.415 e. The largest absolute Gasteiger partial charge is 0.493 e. The van der Waals surface area contributed by atoms with Crippen molar-refractivity contribution in [2.24, 2.45) is 5.92 Å². The number of hydroxylamine groups is 1. The lowest BCUT2D eigenvalue weighted by Gasteiger charge is -2.52. The molecule has 0 aliphatic carbocycles. The van der Waals surface area contributed by atoms with Crippen molar-refractivity contribution in [2.45, 2.75) is 31.9 Å². The lowest BCUT2D eigenvalue weighted by Crippen LogP contribution is -2.65. The van der Waals surface area contributed by atoms with E-state index in [1.807, 2.05) is 60.7 Å². The molecular formula is C32H38N3O5+. The van der Waals surface area contributed by atoms with E-state index >= 15 is 0 Å². The van der Waals surface area contributed by atoms with E-state index in [0.29, 0.717) is 24.6 Å². The fraction of sp³-hybridized carbons (Fsp3) is 0.375. The van der Waals surface area contributed by atoms with Gasteiger partial charge in [0.05, 0.1) is 39.9 Å². The molecule has 6 rings (SSSR count). The Kier molecular flexibility index (Phi) is 8.98. The summed E-state index contributed by atoms with van der Waals surface area (Å²) in [5, 5.41) is 0. The van der Waals surface area contributed by atoms with Crippen molar-refractivity contribution >= 4 is 17.7 Å². The SMILES string of the molecule is CONC(=O)c1ccc(OCCC[N+]23CCC(CC2)[C@@H](OC(=O)N(Cc2ccccc2)c2ccccc2)C3)cc1. The molecule has 40 heavy (non-hydrogen) atoms. The number of fused-ring (bicyclic) bond motifs is 3. The van der Waals surface area contributed by atoms with Gasteiger partial charge in [0, 0.05) is 36.4 Å². The third-order valence-electron chi connectivity index (χ3n) is 8.12. The molecule has 3 aliphatic heterocycles. The van der Waals surface area contributed by atoms with E-state index in [2.05, 4.69) is 10.3 Å². The highest BCUT2D eigenvalue weighted by atomic mass is 16.6. The van der Waals surface area contributed by atoms with Crippen LogP contribution in [0.5, 0.6) is 5.75 Å². The van der Waals surface area contributed by atoms with Crippen LogP contribution in [0.4, 0.5) is 10.5 Å². The summed E-state index contributed by atoms with van der Waals surface area (Å²) in [6.07, 6.45) is 2.70. The molecule has 0 radical (unpaired) electrons. The number of piperidine rings is 3. The molecule has 1 atom stereocenters. The van der Waals surface area contributed by atoms with E-state index < -0.39 is 0 Å². The highest BCUT2D eigenvalue weighted by Crippen LogP contribution is 2.36. The second kappa shape index (κ2) is 13.0. The number of ether oxygens (including phenoxy) is 2. The van der Waals surface area contributed by atoms with Crippen LogP contribution in [0.3, 0.4) is 0 Å². The summed E-state index contributed by atoms with van der Waals surface area (Å²) < 4.78 is 13.2. The monoisotopic (exact) mass is 544 g/mol. The van der Waals surface area contributed by atoms with Crippen LogP contribution >= 0.6 is 0 Å². The molecular weight excluding hydrogens is 506 g/mol. The quantitative estimate of drug-likeness (QED) is 0.204. The molecule has 3 aromatic carbocycles. The van der Waals surface area contributed by atoms with Crippen molar-refractivity contribution in [3.63, 3.8) is 0 Å². The molecule has 2 bridgehead atoms. The molecule has 0 saturated carbocycles. The number of carbonyl (C=O) groups is 2. The molecule has 3 aliphatic rings. The zero-order chi connectivity index (χ0) is 27.8. The van der Waals surface area contributed by atoms with E-state index in [9.17, 15) is 9.59 Å². The number of carbonyl (C=O) groups excluding carboxylic acids is 2. The Hall–Kier alpha value is -3.88. The van der Waals surface area contributed by atoms with Gasteiger partial charge < -0.3 is 14.0 Å². The zero-order valence-electron chi connectivity index (χ0n) is 23.0. The van der Waals surface area contributed by atoms with Crippen LogP contribution in [-0.4, -0.2) is 62.5 Å². The van der Waals surface area contributed by atoms with Crippen LogP contribution in [0.1, 0.15) is 35.2 Å². The van der Waals surface area contributed by atoms with Gasteiger partial charge in [0.2, 0.25) is 0 Å². The van der Waals surface area contributed by atoms with E-state index in [1.165, 1.54) is 7.11 Å². The Morgan fingerprint density at radius 2 is 1.60 bits per heavy atom. The summed E-state index contributed by atoms with van der Waals surface area (Å²) in [6.45, 7) is 5.14. The first-order chi connectivity index (χ1) is 19.5. The van der Waals surface area contributed by atoms with Crippen molar-refractivity contribution in [2.75, 3.05) is 44.8 Å². The number of nitrogens with zero attached hydrogens (tertiary/aromatic N) is 2. The molecule has 3 heterocycles. The predicted octanol–water partition coefficient (Wildman–Crippen LogP) is 5.20. The van der Waals surface area contributed by atoms with Crippen molar-refractivity contribution < 1.29 is 28.4 Å². The fourth-order valence-corrected chi connectivity index (χ4v) is 5.94. The number of benzene rings is 3. The topological polar surface area (TPSA) is 77.1 Å². The minimum absolute atomic E-state index is 0.0799.